The van der Waals surface area contributed by atoms with Crippen molar-refractivity contribution in [1.82, 2.24) is 10.2 Å². The molecule has 0 unspecified atom stereocenters. The van der Waals surface area contributed by atoms with Gasteiger partial charge in [-0.3, -0.25) is 9.69 Å². The molecule has 3 rings (SSSR count). The van der Waals surface area contributed by atoms with Crippen LogP contribution in [0.2, 0.25) is 0 Å². The Hall–Kier alpha value is -1.59. The lowest BCUT2D eigenvalue weighted by Gasteiger charge is -2.41. The number of halogens is 1. The molecule has 1 aliphatic heterocycles. The van der Waals surface area contributed by atoms with Crippen molar-refractivity contribution in [1.29, 1.82) is 0 Å². The molecule has 0 saturated carbocycles. The normalized spacial score (nSPS) is 15.3. The molecule has 0 atom stereocenters. The number of nitrogens with one attached hydrogen (secondary N) is 1. The van der Waals surface area contributed by atoms with Gasteiger partial charge in [0.05, 0.1) is 0 Å². The topological polar surface area (TPSA) is 45.5 Å². The summed E-state index contributed by atoms with van der Waals surface area (Å²) >= 11 is 3.21. The van der Waals surface area contributed by atoms with Gasteiger partial charge < -0.3 is 9.73 Å². The highest BCUT2D eigenvalue weighted by atomic mass is 79.9. The smallest absolute Gasteiger partial charge is 0.287 e. The average Bonchev–Trinajstić information content (AvgIpc) is 2.99. The largest absolute Gasteiger partial charge is 0.444 e. The number of benzene rings is 1. The van der Waals surface area contributed by atoms with E-state index in [1.807, 2.05) is 0 Å². The second-order valence-corrected chi connectivity index (χ2v) is 7.32. The van der Waals surface area contributed by atoms with Gasteiger partial charge in [0.25, 0.3) is 5.91 Å². The second-order valence-electron chi connectivity index (χ2n) is 6.54. The average molecular weight is 377 g/mol. The molecule has 0 aliphatic carbocycles. The summed E-state index contributed by atoms with van der Waals surface area (Å²) in [5, 5.41) is 2.98. The van der Waals surface area contributed by atoms with Crippen molar-refractivity contribution in [3.8, 4) is 0 Å². The van der Waals surface area contributed by atoms with Crippen LogP contribution in [0.15, 0.2) is 45.5 Å². The molecular formula is C18H21BrN2O2. The Morgan fingerprint density at radius 2 is 2.00 bits per heavy atom. The first-order valence-electron chi connectivity index (χ1n) is 7.81. The van der Waals surface area contributed by atoms with Gasteiger partial charge >= 0.3 is 0 Å². The summed E-state index contributed by atoms with van der Waals surface area (Å²) < 4.78 is 5.86. The van der Waals surface area contributed by atoms with E-state index in [2.05, 4.69) is 64.3 Å². The van der Waals surface area contributed by atoms with Crippen molar-refractivity contribution in [2.45, 2.75) is 32.4 Å². The van der Waals surface area contributed by atoms with Crippen LogP contribution in [-0.2, 0) is 13.0 Å². The fourth-order valence-electron chi connectivity index (χ4n) is 2.94. The number of hydrogen-bond acceptors (Lipinski definition) is 3. The van der Waals surface area contributed by atoms with E-state index in [9.17, 15) is 4.79 Å². The molecule has 5 heteroatoms. The highest BCUT2D eigenvalue weighted by Crippen LogP contribution is 2.25. The van der Waals surface area contributed by atoms with Gasteiger partial charge in [0, 0.05) is 25.2 Å². The first-order valence-corrected chi connectivity index (χ1v) is 8.60. The van der Waals surface area contributed by atoms with E-state index in [0.29, 0.717) is 17.0 Å². The second kappa shape index (κ2) is 6.49. The van der Waals surface area contributed by atoms with E-state index in [4.69, 9.17) is 4.42 Å². The SMILES string of the molecule is CC(C)(CNC(=O)c1ccc(Br)o1)N1CCc2ccccc2C1. The van der Waals surface area contributed by atoms with E-state index in [-0.39, 0.29) is 11.4 Å². The first-order chi connectivity index (χ1) is 11.0. The molecule has 1 aliphatic rings. The third kappa shape index (κ3) is 3.67. The Balaban J connectivity index is 1.62. The van der Waals surface area contributed by atoms with Gasteiger partial charge in [-0.25, -0.2) is 0 Å². The number of fused-ring (bicyclic) bond motifs is 1. The summed E-state index contributed by atoms with van der Waals surface area (Å²) in [7, 11) is 0. The maximum absolute atomic E-state index is 12.1. The minimum absolute atomic E-state index is 0.118. The van der Waals surface area contributed by atoms with Gasteiger partial charge in [0.2, 0.25) is 0 Å². The molecular weight excluding hydrogens is 356 g/mol. The Bertz CT molecular complexity index is 709. The number of carbonyl (C=O) groups is 1. The molecule has 122 valence electrons. The van der Waals surface area contributed by atoms with E-state index in [1.54, 1.807) is 12.1 Å². The van der Waals surface area contributed by atoms with Crippen LogP contribution in [0.1, 0.15) is 35.5 Å². The monoisotopic (exact) mass is 376 g/mol. The molecule has 0 radical (unpaired) electrons. The first kappa shape index (κ1) is 16.3. The molecule has 0 fully saturated rings. The van der Waals surface area contributed by atoms with Crippen molar-refractivity contribution in [2.75, 3.05) is 13.1 Å². The Labute approximate surface area is 145 Å². The van der Waals surface area contributed by atoms with E-state index in [0.717, 1.165) is 19.5 Å². The summed E-state index contributed by atoms with van der Waals surface area (Å²) in [5.74, 6) is 0.151. The summed E-state index contributed by atoms with van der Waals surface area (Å²) in [6.45, 7) is 6.84. The van der Waals surface area contributed by atoms with E-state index < -0.39 is 0 Å². The molecule has 1 aromatic carbocycles. The number of furan rings is 1. The lowest BCUT2D eigenvalue weighted by atomic mass is 9.94. The Kier molecular flexibility index (Phi) is 4.60. The molecule has 0 spiro atoms. The zero-order valence-electron chi connectivity index (χ0n) is 13.4. The molecule has 2 heterocycles. The van der Waals surface area contributed by atoms with Gasteiger partial charge in [-0.1, -0.05) is 24.3 Å². The van der Waals surface area contributed by atoms with E-state index in [1.165, 1.54) is 11.1 Å². The zero-order valence-corrected chi connectivity index (χ0v) is 15.0. The number of hydrogen-bond donors (Lipinski definition) is 1. The van der Waals surface area contributed by atoms with Gasteiger partial charge in [0.15, 0.2) is 10.4 Å². The van der Waals surface area contributed by atoms with Gasteiger partial charge in [0.1, 0.15) is 0 Å². The number of amides is 1. The predicted octanol–water partition coefficient (Wildman–Crippen LogP) is 3.61. The van der Waals surface area contributed by atoms with Crippen molar-refractivity contribution in [2.24, 2.45) is 0 Å². The van der Waals surface area contributed by atoms with Crippen LogP contribution in [0.3, 0.4) is 0 Å². The van der Waals surface area contributed by atoms with Crippen LogP contribution >= 0.6 is 15.9 Å². The summed E-state index contributed by atoms with van der Waals surface area (Å²) in [6, 6.07) is 12.0. The van der Waals surface area contributed by atoms with Crippen molar-refractivity contribution < 1.29 is 9.21 Å². The maximum Gasteiger partial charge on any atom is 0.287 e. The maximum atomic E-state index is 12.1. The molecule has 4 nitrogen and oxygen atoms in total. The molecule has 0 bridgehead atoms. The van der Waals surface area contributed by atoms with Crippen LogP contribution in [0.25, 0.3) is 0 Å². The fourth-order valence-corrected chi connectivity index (χ4v) is 3.25. The Morgan fingerprint density at radius 1 is 1.26 bits per heavy atom. The van der Waals surface area contributed by atoms with Crippen molar-refractivity contribution in [3.63, 3.8) is 0 Å². The molecule has 1 N–H and O–H groups in total. The third-order valence-electron chi connectivity index (χ3n) is 4.47. The van der Waals surface area contributed by atoms with Crippen molar-refractivity contribution in [3.05, 3.63) is 58.0 Å². The zero-order chi connectivity index (χ0) is 16.4. The predicted molar refractivity (Wildman–Crippen MR) is 93.4 cm³/mol. The van der Waals surface area contributed by atoms with E-state index >= 15 is 0 Å². The highest BCUT2D eigenvalue weighted by Gasteiger charge is 2.30. The molecule has 0 saturated heterocycles. The standard InChI is InChI=1S/C18H21BrN2O2/c1-18(2,12-20-17(22)15-7-8-16(19)23-15)21-10-9-13-5-3-4-6-14(13)11-21/h3-8H,9-12H2,1-2H3,(H,20,22). The molecule has 1 aromatic heterocycles. The summed E-state index contributed by atoms with van der Waals surface area (Å²) in [4.78, 5) is 14.6. The quantitative estimate of drug-likeness (QED) is 0.886. The number of carbonyl (C=O) groups excluding carboxylic acids is 1. The van der Waals surface area contributed by atoms with Crippen LogP contribution < -0.4 is 5.32 Å². The fraction of sp³-hybridized carbons (Fsp3) is 0.389. The van der Waals surface area contributed by atoms with Gasteiger partial charge in [-0.05, 0) is 59.5 Å². The lowest BCUT2D eigenvalue weighted by molar-refractivity contribution is 0.0804. The summed E-state index contributed by atoms with van der Waals surface area (Å²) in [5.41, 5.74) is 2.70. The molecule has 2 aromatic rings. The number of nitrogens with zero attached hydrogens (tertiary/aromatic N) is 1. The van der Waals surface area contributed by atoms with Crippen LogP contribution in [0.5, 0.6) is 0 Å². The lowest BCUT2D eigenvalue weighted by Crippen LogP contribution is -2.53. The van der Waals surface area contributed by atoms with Crippen molar-refractivity contribution >= 4 is 21.8 Å². The molecule has 1 amide bonds. The van der Waals surface area contributed by atoms with Gasteiger partial charge in [-0.15, -0.1) is 0 Å². The van der Waals surface area contributed by atoms with Crippen LogP contribution in [-0.4, -0.2) is 29.4 Å². The summed E-state index contributed by atoms with van der Waals surface area (Å²) in [6.07, 6.45) is 1.05. The third-order valence-corrected chi connectivity index (χ3v) is 4.89. The highest BCUT2D eigenvalue weighted by molar-refractivity contribution is 9.10. The van der Waals surface area contributed by atoms with Crippen LogP contribution in [0, 0.1) is 0 Å². The van der Waals surface area contributed by atoms with Crippen LogP contribution in [0.4, 0.5) is 0 Å². The minimum atomic E-state index is -0.179. The number of rotatable bonds is 4. The van der Waals surface area contributed by atoms with Gasteiger partial charge in [-0.2, -0.15) is 0 Å². The Morgan fingerprint density at radius 3 is 2.70 bits per heavy atom. The molecule has 23 heavy (non-hydrogen) atoms. The minimum Gasteiger partial charge on any atom is -0.444 e.